The maximum atomic E-state index is 10.4. The Morgan fingerprint density at radius 1 is 0.909 bits per heavy atom. The zero-order valence-corrected chi connectivity index (χ0v) is 13.2. The molecule has 2 nitrogen and oxygen atoms in total. The molecule has 4 aromatic rings. The molecule has 3 heteroatoms. The Kier molecular flexibility index (Phi) is 2.91. The maximum Gasteiger partial charge on any atom is 0.128 e. The fraction of sp³-hybridized carbons (Fsp3) is 0.105. The number of benzene rings is 3. The number of fused-ring (bicyclic) bond motifs is 2. The summed E-state index contributed by atoms with van der Waals surface area (Å²) in [6, 6.07) is 16.2. The van der Waals surface area contributed by atoms with E-state index in [2.05, 4.69) is 32.0 Å². The minimum atomic E-state index is 0.284. The van der Waals surface area contributed by atoms with E-state index in [0.717, 1.165) is 31.6 Å². The van der Waals surface area contributed by atoms with Crippen molar-refractivity contribution < 1.29 is 5.11 Å². The van der Waals surface area contributed by atoms with E-state index in [1.807, 2.05) is 30.3 Å². The molecule has 0 radical (unpaired) electrons. The molecule has 0 aliphatic rings. The number of rotatable bonds is 1. The van der Waals surface area contributed by atoms with Gasteiger partial charge in [0.1, 0.15) is 10.8 Å². The number of aryl methyl sites for hydroxylation is 2. The molecular weight excluding hydrogens is 290 g/mol. The second kappa shape index (κ2) is 4.82. The molecule has 3 aromatic carbocycles. The van der Waals surface area contributed by atoms with Crippen molar-refractivity contribution in [2.45, 2.75) is 13.8 Å². The van der Waals surface area contributed by atoms with Gasteiger partial charge in [-0.05, 0) is 60.0 Å². The monoisotopic (exact) mass is 305 g/mol. The van der Waals surface area contributed by atoms with Gasteiger partial charge in [-0.15, -0.1) is 11.3 Å². The molecular formula is C19H15NOS. The molecule has 0 unspecified atom stereocenters. The average molecular weight is 305 g/mol. The van der Waals surface area contributed by atoms with Crippen molar-refractivity contribution in [2.24, 2.45) is 0 Å². The molecule has 0 atom stereocenters. The van der Waals surface area contributed by atoms with Crippen molar-refractivity contribution in [3.8, 4) is 16.3 Å². The van der Waals surface area contributed by atoms with Crippen molar-refractivity contribution in [3.63, 3.8) is 0 Å². The van der Waals surface area contributed by atoms with Crippen LogP contribution >= 0.6 is 11.3 Å². The molecule has 0 fully saturated rings. The van der Waals surface area contributed by atoms with Crippen LogP contribution in [0, 0.1) is 13.8 Å². The van der Waals surface area contributed by atoms with Crippen LogP contribution in [-0.2, 0) is 0 Å². The third-order valence-electron chi connectivity index (χ3n) is 4.10. The van der Waals surface area contributed by atoms with Gasteiger partial charge in [-0.25, -0.2) is 4.98 Å². The van der Waals surface area contributed by atoms with Gasteiger partial charge in [-0.1, -0.05) is 24.3 Å². The van der Waals surface area contributed by atoms with Crippen molar-refractivity contribution in [3.05, 3.63) is 59.7 Å². The summed E-state index contributed by atoms with van der Waals surface area (Å²) in [5.74, 6) is 0.284. The van der Waals surface area contributed by atoms with Crippen LogP contribution in [0.3, 0.4) is 0 Å². The highest BCUT2D eigenvalue weighted by atomic mass is 32.1. The maximum absolute atomic E-state index is 10.4. The zero-order chi connectivity index (χ0) is 15.3. The number of phenols is 1. The molecule has 0 bridgehead atoms. The van der Waals surface area contributed by atoms with Gasteiger partial charge in [0.2, 0.25) is 0 Å². The van der Waals surface area contributed by atoms with Crippen molar-refractivity contribution >= 4 is 32.3 Å². The molecule has 0 saturated heterocycles. The van der Waals surface area contributed by atoms with Gasteiger partial charge in [0.25, 0.3) is 0 Å². The average Bonchev–Trinajstić information content (AvgIpc) is 2.89. The summed E-state index contributed by atoms with van der Waals surface area (Å²) in [5.41, 5.74) is 4.31. The van der Waals surface area contributed by atoms with E-state index in [1.54, 1.807) is 11.3 Å². The highest BCUT2D eigenvalue weighted by molar-refractivity contribution is 7.21. The Morgan fingerprint density at radius 2 is 1.59 bits per heavy atom. The fourth-order valence-corrected chi connectivity index (χ4v) is 3.77. The second-order valence-corrected chi connectivity index (χ2v) is 6.67. The molecule has 1 aromatic heterocycles. The summed E-state index contributed by atoms with van der Waals surface area (Å²) in [6.07, 6.45) is 0. The highest BCUT2D eigenvalue weighted by Gasteiger charge is 2.12. The van der Waals surface area contributed by atoms with Gasteiger partial charge in [-0.2, -0.15) is 0 Å². The number of phenolic OH excluding ortho intramolecular Hbond substituents is 1. The topological polar surface area (TPSA) is 33.1 Å². The molecule has 1 N–H and O–H groups in total. The van der Waals surface area contributed by atoms with Crippen LogP contribution < -0.4 is 0 Å². The minimum absolute atomic E-state index is 0.284. The van der Waals surface area contributed by atoms with Gasteiger partial charge in [-0.3, -0.25) is 0 Å². The first-order valence-corrected chi connectivity index (χ1v) is 8.03. The smallest absolute Gasteiger partial charge is 0.128 e. The van der Waals surface area contributed by atoms with Gasteiger partial charge in [0.05, 0.1) is 15.8 Å². The minimum Gasteiger partial charge on any atom is -0.507 e. The molecule has 1 heterocycles. The van der Waals surface area contributed by atoms with Crippen molar-refractivity contribution in [2.75, 3.05) is 0 Å². The second-order valence-electron chi connectivity index (χ2n) is 5.64. The van der Waals surface area contributed by atoms with Gasteiger partial charge < -0.3 is 5.11 Å². The van der Waals surface area contributed by atoms with Gasteiger partial charge in [0.15, 0.2) is 0 Å². The molecule has 0 spiro atoms. The standard InChI is InChI=1S/C19H15NOS/c1-11-7-16-18(8-12(11)2)22-19(20-16)15-9-13-5-3-4-6-14(13)10-17(15)21/h3-10,21H,1-2H3. The van der Waals surface area contributed by atoms with Crippen molar-refractivity contribution in [1.82, 2.24) is 4.98 Å². The summed E-state index contributed by atoms with van der Waals surface area (Å²) < 4.78 is 1.16. The molecule has 0 amide bonds. The summed E-state index contributed by atoms with van der Waals surface area (Å²) in [7, 11) is 0. The predicted molar refractivity (Wildman–Crippen MR) is 93.7 cm³/mol. The number of hydrogen-bond donors (Lipinski definition) is 1. The van der Waals surface area contributed by atoms with Crippen LogP contribution in [-0.4, -0.2) is 10.1 Å². The van der Waals surface area contributed by atoms with Gasteiger partial charge >= 0.3 is 0 Å². The van der Waals surface area contributed by atoms with E-state index < -0.39 is 0 Å². The van der Waals surface area contributed by atoms with E-state index in [0.29, 0.717) is 0 Å². The molecule has 108 valence electrons. The lowest BCUT2D eigenvalue weighted by molar-refractivity contribution is 0.478. The first kappa shape index (κ1) is 13.3. The highest BCUT2D eigenvalue weighted by Crippen LogP contribution is 2.38. The summed E-state index contributed by atoms with van der Waals surface area (Å²) >= 11 is 1.62. The number of thiazole rings is 1. The fourth-order valence-electron chi connectivity index (χ4n) is 2.69. The van der Waals surface area contributed by atoms with E-state index >= 15 is 0 Å². The summed E-state index contributed by atoms with van der Waals surface area (Å²) in [6.45, 7) is 4.21. The van der Waals surface area contributed by atoms with Crippen LogP contribution in [0.2, 0.25) is 0 Å². The molecule has 0 aliphatic heterocycles. The zero-order valence-electron chi connectivity index (χ0n) is 12.4. The van der Waals surface area contributed by atoms with Crippen LogP contribution in [0.15, 0.2) is 48.5 Å². The number of nitrogens with zero attached hydrogens (tertiary/aromatic N) is 1. The molecule has 4 rings (SSSR count). The Bertz CT molecular complexity index is 978. The first-order valence-electron chi connectivity index (χ1n) is 7.22. The third kappa shape index (κ3) is 2.06. The number of hydrogen-bond acceptors (Lipinski definition) is 3. The SMILES string of the molecule is Cc1cc2nc(-c3cc4ccccc4cc3O)sc2cc1C. The number of aromatic nitrogens is 1. The van der Waals surface area contributed by atoms with Crippen LogP contribution in [0.4, 0.5) is 0 Å². The van der Waals surface area contributed by atoms with Crippen LogP contribution in [0.1, 0.15) is 11.1 Å². The first-order chi connectivity index (χ1) is 10.6. The van der Waals surface area contributed by atoms with Crippen LogP contribution in [0.5, 0.6) is 5.75 Å². The Labute approximate surface area is 132 Å². The van der Waals surface area contributed by atoms with E-state index in [1.165, 1.54) is 11.1 Å². The Morgan fingerprint density at radius 3 is 2.36 bits per heavy atom. The summed E-state index contributed by atoms with van der Waals surface area (Å²) in [4.78, 5) is 4.71. The predicted octanol–water partition coefficient (Wildman–Crippen LogP) is 5.44. The largest absolute Gasteiger partial charge is 0.507 e. The lowest BCUT2D eigenvalue weighted by Crippen LogP contribution is -1.81. The molecule has 22 heavy (non-hydrogen) atoms. The Hall–Kier alpha value is -2.39. The molecule has 0 aliphatic carbocycles. The third-order valence-corrected chi connectivity index (χ3v) is 5.15. The lowest BCUT2D eigenvalue weighted by Gasteiger charge is -2.04. The normalized spacial score (nSPS) is 11.4. The lowest BCUT2D eigenvalue weighted by atomic mass is 10.1. The van der Waals surface area contributed by atoms with Gasteiger partial charge in [0, 0.05) is 0 Å². The molecule has 0 saturated carbocycles. The number of aromatic hydroxyl groups is 1. The van der Waals surface area contributed by atoms with E-state index in [-0.39, 0.29) is 5.75 Å². The quantitative estimate of drug-likeness (QED) is 0.508. The van der Waals surface area contributed by atoms with E-state index in [4.69, 9.17) is 4.98 Å². The van der Waals surface area contributed by atoms with Crippen molar-refractivity contribution in [1.29, 1.82) is 0 Å². The summed E-state index contributed by atoms with van der Waals surface area (Å²) in [5, 5.41) is 13.4. The van der Waals surface area contributed by atoms with E-state index in [9.17, 15) is 5.11 Å². The Balaban J connectivity index is 1.96. The van der Waals surface area contributed by atoms with Crippen LogP contribution in [0.25, 0.3) is 31.6 Å².